The first-order chi connectivity index (χ1) is 13.1. The van der Waals surface area contributed by atoms with Gasteiger partial charge in [-0.2, -0.15) is 4.98 Å². The first-order valence-corrected chi connectivity index (χ1v) is 9.11. The van der Waals surface area contributed by atoms with Crippen molar-refractivity contribution in [2.24, 2.45) is 0 Å². The average Bonchev–Trinajstić information content (AvgIpc) is 3.22. The highest BCUT2D eigenvalue weighted by Crippen LogP contribution is 2.33. The number of rotatable bonds is 6. The maximum atomic E-state index is 14.1. The molecule has 1 fully saturated rings. The van der Waals surface area contributed by atoms with Crippen molar-refractivity contribution in [2.45, 2.75) is 44.9 Å². The fourth-order valence-corrected chi connectivity index (χ4v) is 3.87. The molecule has 2 aromatic rings. The van der Waals surface area contributed by atoms with Gasteiger partial charge < -0.3 is 9.64 Å². The summed E-state index contributed by atoms with van der Waals surface area (Å²) in [6, 6.07) is 4.38. The minimum Gasteiger partial charge on any atom is -0.473 e. The number of hydrogen-bond donors (Lipinski definition) is 0. The van der Waals surface area contributed by atoms with E-state index in [2.05, 4.69) is 9.88 Å². The molecule has 8 heteroatoms. The molecular formula is C19H20F3N3O2. The summed E-state index contributed by atoms with van der Waals surface area (Å²) in [5, 5.41) is 0. The molecule has 0 unspecified atom stereocenters. The summed E-state index contributed by atoms with van der Waals surface area (Å²) in [6.45, 7) is 0.792. The fourth-order valence-electron chi connectivity index (χ4n) is 3.87. The normalized spacial score (nSPS) is 17.9. The average molecular weight is 379 g/mol. The van der Waals surface area contributed by atoms with Gasteiger partial charge in [-0.05, 0) is 43.4 Å². The first-order valence-electron chi connectivity index (χ1n) is 9.11. The minimum absolute atomic E-state index is 0.00937. The molecule has 1 saturated heterocycles. The van der Waals surface area contributed by atoms with Crippen LogP contribution in [0.4, 0.5) is 19.0 Å². The topological polar surface area (TPSA) is 47.4 Å². The second kappa shape index (κ2) is 7.25. The highest BCUT2D eigenvalue weighted by molar-refractivity contribution is 5.48. The molecule has 0 radical (unpaired) electrons. The third-order valence-corrected chi connectivity index (χ3v) is 5.18. The summed E-state index contributed by atoms with van der Waals surface area (Å²) in [4.78, 5) is 18.3. The van der Waals surface area contributed by atoms with E-state index in [1.54, 1.807) is 10.6 Å². The zero-order chi connectivity index (χ0) is 19.0. The Morgan fingerprint density at radius 1 is 1.22 bits per heavy atom. The highest BCUT2D eigenvalue weighted by atomic mass is 19.1. The van der Waals surface area contributed by atoms with Crippen LogP contribution in [0.3, 0.4) is 0 Å². The fraction of sp³-hybridized carbons (Fsp3) is 0.474. The second-order valence-corrected chi connectivity index (χ2v) is 6.95. The highest BCUT2D eigenvalue weighted by Gasteiger charge is 2.34. The van der Waals surface area contributed by atoms with Crippen molar-refractivity contribution in [3.63, 3.8) is 0 Å². The van der Waals surface area contributed by atoms with E-state index in [1.165, 1.54) is 12.1 Å². The smallest absolute Gasteiger partial charge is 0.352 e. The van der Waals surface area contributed by atoms with Gasteiger partial charge in [0.15, 0.2) is 0 Å². The predicted octanol–water partition coefficient (Wildman–Crippen LogP) is 2.99. The van der Waals surface area contributed by atoms with Crippen LogP contribution in [-0.4, -0.2) is 28.8 Å². The Hall–Kier alpha value is -2.51. The molecule has 0 N–H and O–H groups in total. The second-order valence-electron chi connectivity index (χ2n) is 6.95. The van der Waals surface area contributed by atoms with Crippen LogP contribution in [-0.2, 0) is 19.6 Å². The molecule has 2 aliphatic heterocycles. The Morgan fingerprint density at radius 2 is 2.00 bits per heavy atom. The predicted molar refractivity (Wildman–Crippen MR) is 93.9 cm³/mol. The third-order valence-electron chi connectivity index (χ3n) is 5.18. The molecule has 144 valence electrons. The number of ether oxygens (including phenoxy) is 1. The third kappa shape index (κ3) is 3.40. The molecule has 0 aliphatic carbocycles. The van der Waals surface area contributed by atoms with Crippen LogP contribution in [0.15, 0.2) is 23.0 Å². The van der Waals surface area contributed by atoms with E-state index in [4.69, 9.17) is 4.74 Å². The van der Waals surface area contributed by atoms with Crippen molar-refractivity contribution in [3.8, 4) is 5.88 Å². The lowest BCUT2D eigenvalue weighted by Gasteiger charge is -2.17. The van der Waals surface area contributed by atoms with Crippen molar-refractivity contribution in [1.82, 2.24) is 9.55 Å². The van der Waals surface area contributed by atoms with E-state index in [1.807, 2.05) is 0 Å². The van der Waals surface area contributed by atoms with Crippen LogP contribution in [0.5, 0.6) is 5.88 Å². The molecule has 0 bridgehead atoms. The van der Waals surface area contributed by atoms with E-state index < -0.39 is 18.3 Å². The lowest BCUT2D eigenvalue weighted by molar-refractivity contribution is 0.290. The molecule has 0 spiro atoms. The number of fused-ring (bicyclic) bond motifs is 3. The first kappa shape index (κ1) is 17.9. The van der Waals surface area contributed by atoms with Crippen LogP contribution < -0.4 is 15.3 Å². The molecular weight excluding hydrogens is 359 g/mol. The number of anilines is 1. The maximum absolute atomic E-state index is 14.1. The SMILES string of the molecule is O=c1nc(OCc2cc(F)c(CCCF)c(F)c2)cc2n1C[C@H]1CCCN21. The maximum Gasteiger partial charge on any atom is 0.352 e. The molecule has 3 heterocycles. The lowest BCUT2D eigenvalue weighted by Crippen LogP contribution is -2.24. The van der Waals surface area contributed by atoms with Gasteiger partial charge in [-0.1, -0.05) is 0 Å². The van der Waals surface area contributed by atoms with Crippen LogP contribution in [0.1, 0.15) is 30.4 Å². The summed E-state index contributed by atoms with van der Waals surface area (Å²) in [6.07, 6.45) is 2.22. The molecule has 4 rings (SSSR count). The van der Waals surface area contributed by atoms with Crippen molar-refractivity contribution >= 4 is 5.82 Å². The molecule has 0 saturated carbocycles. The zero-order valence-corrected chi connectivity index (χ0v) is 14.8. The molecule has 1 aromatic heterocycles. The van der Waals surface area contributed by atoms with E-state index in [-0.39, 0.29) is 42.1 Å². The van der Waals surface area contributed by atoms with Gasteiger partial charge in [0.2, 0.25) is 5.88 Å². The summed E-state index contributed by atoms with van der Waals surface area (Å²) >= 11 is 0. The molecule has 27 heavy (non-hydrogen) atoms. The van der Waals surface area contributed by atoms with Gasteiger partial charge in [0.1, 0.15) is 24.1 Å². The summed E-state index contributed by atoms with van der Waals surface area (Å²) in [7, 11) is 0. The van der Waals surface area contributed by atoms with Crippen LogP contribution in [0.25, 0.3) is 0 Å². The van der Waals surface area contributed by atoms with Gasteiger partial charge in [0, 0.05) is 30.8 Å². The Bertz CT molecular complexity index is 893. The molecule has 0 amide bonds. The number of benzene rings is 1. The van der Waals surface area contributed by atoms with E-state index >= 15 is 0 Å². The quantitative estimate of drug-likeness (QED) is 0.774. The standard InChI is InChI=1S/C19H20F3N3O2/c20-5-1-4-14-15(21)7-12(8-16(14)22)11-27-17-9-18-24-6-2-3-13(24)10-25(18)19(26)23-17/h7-9,13H,1-6,10-11H2/t13-/m1/s1. The number of halogens is 3. The van der Waals surface area contributed by atoms with Gasteiger partial charge >= 0.3 is 5.69 Å². The van der Waals surface area contributed by atoms with Gasteiger partial charge in [-0.3, -0.25) is 8.96 Å². The number of nitrogens with zero attached hydrogens (tertiary/aromatic N) is 3. The van der Waals surface area contributed by atoms with Crippen LogP contribution >= 0.6 is 0 Å². The summed E-state index contributed by atoms with van der Waals surface area (Å²) in [5.74, 6) is -0.513. The Labute approximate surface area is 154 Å². The summed E-state index contributed by atoms with van der Waals surface area (Å²) < 4.78 is 47.5. The number of hydrogen-bond acceptors (Lipinski definition) is 4. The number of aromatic nitrogens is 2. The molecule has 1 atom stereocenters. The van der Waals surface area contributed by atoms with E-state index in [0.717, 1.165) is 25.2 Å². The van der Waals surface area contributed by atoms with Crippen molar-refractivity contribution in [3.05, 3.63) is 51.4 Å². The molecule has 2 aliphatic rings. The lowest BCUT2D eigenvalue weighted by atomic mass is 10.1. The van der Waals surface area contributed by atoms with Crippen molar-refractivity contribution in [2.75, 3.05) is 18.1 Å². The van der Waals surface area contributed by atoms with Gasteiger partial charge in [-0.15, -0.1) is 0 Å². The van der Waals surface area contributed by atoms with Gasteiger partial charge in [-0.25, -0.2) is 13.6 Å². The molecule has 5 nitrogen and oxygen atoms in total. The van der Waals surface area contributed by atoms with Crippen LogP contribution in [0, 0.1) is 11.6 Å². The molecule has 1 aromatic carbocycles. The summed E-state index contributed by atoms with van der Waals surface area (Å²) in [5.41, 5.74) is -0.211. The Kier molecular flexibility index (Phi) is 4.80. The van der Waals surface area contributed by atoms with E-state index in [0.29, 0.717) is 12.6 Å². The monoisotopic (exact) mass is 379 g/mol. The van der Waals surface area contributed by atoms with Gasteiger partial charge in [0.05, 0.1) is 6.67 Å². The van der Waals surface area contributed by atoms with Crippen molar-refractivity contribution < 1.29 is 17.9 Å². The van der Waals surface area contributed by atoms with Crippen molar-refractivity contribution in [1.29, 1.82) is 0 Å². The van der Waals surface area contributed by atoms with Gasteiger partial charge in [0.25, 0.3) is 0 Å². The Morgan fingerprint density at radius 3 is 2.74 bits per heavy atom. The largest absolute Gasteiger partial charge is 0.473 e. The zero-order valence-electron chi connectivity index (χ0n) is 14.8. The number of alkyl halides is 1. The Balaban J connectivity index is 1.51. The van der Waals surface area contributed by atoms with Crippen LogP contribution in [0.2, 0.25) is 0 Å². The van der Waals surface area contributed by atoms with E-state index in [9.17, 15) is 18.0 Å². The minimum atomic E-state index is -0.719.